The minimum absolute atomic E-state index is 0.0431. The Balaban J connectivity index is 3.76. The molecule has 0 heterocycles. The Morgan fingerprint density at radius 3 is 2.55 bits per heavy atom. The van der Waals surface area contributed by atoms with Crippen LogP contribution in [0.4, 0.5) is 0 Å². The van der Waals surface area contributed by atoms with Crippen LogP contribution < -0.4 is 0 Å². The molecule has 3 nitrogen and oxygen atoms in total. The van der Waals surface area contributed by atoms with Gasteiger partial charge in [0.2, 0.25) is 5.91 Å². The van der Waals surface area contributed by atoms with Gasteiger partial charge in [-0.3, -0.25) is 4.79 Å². The fraction of sp³-hybridized carbons (Fsp3) is 0.750. The summed E-state index contributed by atoms with van der Waals surface area (Å²) in [6.45, 7) is 3.90. The van der Waals surface area contributed by atoms with Crippen molar-refractivity contribution < 1.29 is 4.79 Å². The summed E-state index contributed by atoms with van der Waals surface area (Å²) in [4.78, 5) is 12.8. The zero-order valence-corrected chi connectivity index (χ0v) is 7.29. The highest BCUT2D eigenvalue weighted by atomic mass is 16.2. The second-order valence-electron chi connectivity index (χ2n) is 2.76. The van der Waals surface area contributed by atoms with Crippen LogP contribution in [0.15, 0.2) is 0 Å². The molecular weight excluding hydrogens is 140 g/mol. The fourth-order valence-corrected chi connectivity index (χ4v) is 0.627. The van der Waals surface area contributed by atoms with Gasteiger partial charge in [0.15, 0.2) is 0 Å². The Labute approximate surface area is 67.6 Å². The van der Waals surface area contributed by atoms with E-state index in [1.54, 1.807) is 11.9 Å². The van der Waals surface area contributed by atoms with Crippen molar-refractivity contribution in [2.45, 2.75) is 32.7 Å². The first-order valence-corrected chi connectivity index (χ1v) is 3.72. The summed E-state index contributed by atoms with van der Waals surface area (Å²) < 4.78 is 0. The number of rotatable bonds is 3. The maximum Gasteiger partial charge on any atom is 0.223 e. The van der Waals surface area contributed by atoms with Gasteiger partial charge in [0.05, 0.1) is 6.07 Å². The van der Waals surface area contributed by atoms with Crippen molar-refractivity contribution in [3.05, 3.63) is 0 Å². The van der Waals surface area contributed by atoms with E-state index in [0.29, 0.717) is 12.8 Å². The van der Waals surface area contributed by atoms with Crippen LogP contribution in [0, 0.1) is 11.3 Å². The van der Waals surface area contributed by atoms with Crippen molar-refractivity contribution >= 4 is 5.91 Å². The van der Waals surface area contributed by atoms with Crippen LogP contribution in [0.2, 0.25) is 0 Å². The third-order valence-electron chi connectivity index (χ3n) is 1.62. The lowest BCUT2D eigenvalue weighted by Gasteiger charge is -2.20. The van der Waals surface area contributed by atoms with Crippen LogP contribution >= 0.6 is 0 Å². The Hall–Kier alpha value is -1.04. The molecule has 0 saturated carbocycles. The molecule has 0 atom stereocenters. The minimum atomic E-state index is 0.0431. The second-order valence-corrected chi connectivity index (χ2v) is 2.76. The van der Waals surface area contributed by atoms with Crippen molar-refractivity contribution in [1.82, 2.24) is 4.90 Å². The molecule has 62 valence electrons. The van der Waals surface area contributed by atoms with Gasteiger partial charge in [-0.25, -0.2) is 0 Å². The molecule has 11 heavy (non-hydrogen) atoms. The maximum atomic E-state index is 11.1. The van der Waals surface area contributed by atoms with E-state index >= 15 is 0 Å². The molecule has 0 bridgehead atoms. The smallest absolute Gasteiger partial charge is 0.223 e. The van der Waals surface area contributed by atoms with E-state index in [1.807, 2.05) is 19.9 Å². The second kappa shape index (κ2) is 4.73. The van der Waals surface area contributed by atoms with E-state index in [4.69, 9.17) is 5.26 Å². The predicted molar refractivity (Wildman–Crippen MR) is 42.8 cm³/mol. The molecular formula is C8H14N2O. The topological polar surface area (TPSA) is 44.1 Å². The Kier molecular flexibility index (Phi) is 4.28. The number of carbonyl (C=O) groups is 1. The highest BCUT2D eigenvalue weighted by molar-refractivity contribution is 5.76. The molecule has 0 aliphatic heterocycles. The quantitative estimate of drug-likeness (QED) is 0.612. The van der Waals surface area contributed by atoms with Gasteiger partial charge in [0, 0.05) is 25.9 Å². The molecule has 0 N–H and O–H groups in total. The van der Waals surface area contributed by atoms with Gasteiger partial charge in [-0.2, -0.15) is 5.26 Å². The highest BCUT2D eigenvalue weighted by Gasteiger charge is 2.10. The molecule has 0 fully saturated rings. The first-order chi connectivity index (χ1) is 5.09. The fourth-order valence-electron chi connectivity index (χ4n) is 0.627. The van der Waals surface area contributed by atoms with Gasteiger partial charge < -0.3 is 4.90 Å². The maximum absolute atomic E-state index is 11.1. The van der Waals surface area contributed by atoms with E-state index in [0.717, 1.165) is 0 Å². The van der Waals surface area contributed by atoms with Gasteiger partial charge in [-0.05, 0) is 13.8 Å². The highest BCUT2D eigenvalue weighted by Crippen LogP contribution is 1.99. The molecule has 0 aliphatic rings. The Morgan fingerprint density at radius 2 is 2.18 bits per heavy atom. The van der Waals surface area contributed by atoms with Crippen LogP contribution in [0.5, 0.6) is 0 Å². The number of carbonyl (C=O) groups excluding carboxylic acids is 1. The largest absolute Gasteiger partial charge is 0.343 e. The number of amides is 1. The molecule has 0 aliphatic carbocycles. The first-order valence-electron chi connectivity index (χ1n) is 3.72. The van der Waals surface area contributed by atoms with Crippen molar-refractivity contribution in [2.75, 3.05) is 7.05 Å². The summed E-state index contributed by atoms with van der Waals surface area (Å²) in [5.74, 6) is 0.0431. The minimum Gasteiger partial charge on any atom is -0.343 e. The van der Waals surface area contributed by atoms with Crippen LogP contribution in [-0.2, 0) is 4.79 Å². The van der Waals surface area contributed by atoms with Gasteiger partial charge in [0.1, 0.15) is 0 Å². The van der Waals surface area contributed by atoms with E-state index in [9.17, 15) is 4.79 Å². The number of hydrogen-bond donors (Lipinski definition) is 0. The summed E-state index contributed by atoms with van der Waals surface area (Å²) in [6, 6.07) is 2.17. The lowest BCUT2D eigenvalue weighted by Crippen LogP contribution is -2.32. The van der Waals surface area contributed by atoms with E-state index in [2.05, 4.69) is 0 Å². The molecule has 0 aromatic rings. The number of nitriles is 1. The molecule has 3 heteroatoms. The average Bonchev–Trinajstić information content (AvgIpc) is 1.98. The molecule has 0 radical (unpaired) electrons. The zero-order chi connectivity index (χ0) is 8.85. The van der Waals surface area contributed by atoms with Gasteiger partial charge in [0.25, 0.3) is 0 Å². The third-order valence-corrected chi connectivity index (χ3v) is 1.62. The van der Waals surface area contributed by atoms with E-state index in [-0.39, 0.29) is 11.9 Å². The van der Waals surface area contributed by atoms with Crippen molar-refractivity contribution in [2.24, 2.45) is 0 Å². The monoisotopic (exact) mass is 154 g/mol. The van der Waals surface area contributed by atoms with E-state index in [1.165, 1.54) is 0 Å². The molecule has 1 amide bonds. The molecule has 0 spiro atoms. The summed E-state index contributed by atoms with van der Waals surface area (Å²) >= 11 is 0. The lowest BCUT2D eigenvalue weighted by molar-refractivity contribution is -0.131. The van der Waals surface area contributed by atoms with Crippen LogP contribution in [0.1, 0.15) is 26.7 Å². The van der Waals surface area contributed by atoms with Crippen molar-refractivity contribution in [3.63, 3.8) is 0 Å². The Morgan fingerprint density at radius 1 is 1.64 bits per heavy atom. The SMILES string of the molecule is CC(C)N(C)C(=O)CCC#N. The van der Waals surface area contributed by atoms with Crippen molar-refractivity contribution in [1.29, 1.82) is 5.26 Å². The summed E-state index contributed by atoms with van der Waals surface area (Å²) in [6.07, 6.45) is 0.654. The zero-order valence-electron chi connectivity index (χ0n) is 7.29. The van der Waals surface area contributed by atoms with Crippen LogP contribution in [0.3, 0.4) is 0 Å². The van der Waals surface area contributed by atoms with Gasteiger partial charge >= 0.3 is 0 Å². The molecule has 0 rings (SSSR count). The summed E-state index contributed by atoms with van der Waals surface area (Å²) in [5, 5.41) is 8.21. The summed E-state index contributed by atoms with van der Waals surface area (Å²) in [5.41, 5.74) is 0. The standard InChI is InChI=1S/C8H14N2O/c1-7(2)10(3)8(11)5-4-6-9/h7H,4-5H2,1-3H3. The van der Waals surface area contributed by atoms with Gasteiger partial charge in [-0.15, -0.1) is 0 Å². The van der Waals surface area contributed by atoms with Crippen LogP contribution in [0.25, 0.3) is 0 Å². The van der Waals surface area contributed by atoms with E-state index < -0.39 is 0 Å². The first kappa shape index (κ1) is 9.96. The number of nitrogens with zero attached hydrogens (tertiary/aromatic N) is 2. The predicted octanol–water partition coefficient (Wildman–Crippen LogP) is 1.16. The normalized spacial score (nSPS) is 9.36. The number of hydrogen-bond acceptors (Lipinski definition) is 2. The van der Waals surface area contributed by atoms with Crippen molar-refractivity contribution in [3.8, 4) is 6.07 Å². The Bertz CT molecular complexity index is 169. The molecule has 0 unspecified atom stereocenters. The molecule has 0 aromatic carbocycles. The van der Waals surface area contributed by atoms with Gasteiger partial charge in [-0.1, -0.05) is 0 Å². The molecule has 0 saturated heterocycles. The molecule has 0 aromatic heterocycles. The lowest BCUT2D eigenvalue weighted by atomic mass is 10.2. The third kappa shape index (κ3) is 3.61. The summed E-state index contributed by atoms with van der Waals surface area (Å²) in [7, 11) is 1.75. The van der Waals surface area contributed by atoms with Crippen LogP contribution in [-0.4, -0.2) is 23.9 Å². The average molecular weight is 154 g/mol.